The lowest BCUT2D eigenvalue weighted by Gasteiger charge is -2.32. The molecule has 3 rings (SSSR count). The van der Waals surface area contributed by atoms with Gasteiger partial charge in [0.15, 0.2) is 0 Å². The number of piperazine rings is 1. The molecule has 0 bridgehead atoms. The molecule has 7 heteroatoms. The van der Waals surface area contributed by atoms with E-state index in [0.717, 1.165) is 76.6 Å². The van der Waals surface area contributed by atoms with Crippen molar-refractivity contribution in [2.45, 2.75) is 39.2 Å². The maximum Gasteiger partial charge on any atom is 0.271 e. The third-order valence-electron chi connectivity index (χ3n) is 6.13. The van der Waals surface area contributed by atoms with Crippen molar-refractivity contribution in [1.29, 1.82) is 0 Å². The second kappa shape index (κ2) is 9.17. The quantitative estimate of drug-likeness (QED) is 0.755. The molecule has 2 aliphatic rings. The van der Waals surface area contributed by atoms with Crippen LogP contribution in [0.4, 0.5) is 0 Å². The number of piperidine rings is 1. The van der Waals surface area contributed by atoms with Crippen molar-refractivity contribution < 1.29 is 4.79 Å². The van der Waals surface area contributed by atoms with Crippen LogP contribution in [0.3, 0.4) is 0 Å². The number of carbonyl (C=O) groups excluding carboxylic acids is 1. The van der Waals surface area contributed by atoms with Gasteiger partial charge in [0.1, 0.15) is 11.5 Å². The molecule has 152 valence electrons. The minimum absolute atomic E-state index is 0.0272. The molecule has 1 amide bonds. The van der Waals surface area contributed by atoms with Crippen LogP contribution in [0, 0.1) is 13.8 Å². The number of hydrogen-bond acceptors (Lipinski definition) is 5. The first kappa shape index (κ1) is 20.3. The number of aromatic nitrogens is 2. The van der Waals surface area contributed by atoms with Crippen molar-refractivity contribution in [2.24, 2.45) is 0 Å². The average molecular weight is 377 g/mol. The fraction of sp³-hybridized carbons (Fsp3) is 0.800. The summed E-state index contributed by atoms with van der Waals surface area (Å²) < 4.78 is 2.28. The van der Waals surface area contributed by atoms with Crippen molar-refractivity contribution in [3.05, 3.63) is 17.2 Å². The Balaban J connectivity index is 1.49. The molecule has 0 aliphatic carbocycles. The predicted molar refractivity (Wildman–Crippen MR) is 108 cm³/mol. The highest BCUT2D eigenvalue weighted by Gasteiger charge is 2.25. The van der Waals surface area contributed by atoms with Gasteiger partial charge in [-0.05, 0) is 66.8 Å². The Morgan fingerprint density at radius 1 is 1.04 bits per heavy atom. The normalized spacial score (nSPS) is 20.9. The van der Waals surface area contributed by atoms with Crippen LogP contribution in [0.15, 0.2) is 0 Å². The smallest absolute Gasteiger partial charge is 0.271 e. The Kier molecular flexibility index (Phi) is 6.89. The summed E-state index contributed by atoms with van der Waals surface area (Å²) in [6.45, 7) is 12.6. The van der Waals surface area contributed by atoms with E-state index in [4.69, 9.17) is 0 Å². The van der Waals surface area contributed by atoms with Gasteiger partial charge in [-0.15, -0.1) is 0 Å². The van der Waals surface area contributed by atoms with E-state index in [9.17, 15) is 4.79 Å². The zero-order valence-electron chi connectivity index (χ0n) is 17.5. The van der Waals surface area contributed by atoms with Gasteiger partial charge in [-0.25, -0.2) is 4.98 Å². The molecule has 0 unspecified atom stereocenters. The summed E-state index contributed by atoms with van der Waals surface area (Å²) in [6, 6.07) is 0.465. The third kappa shape index (κ3) is 5.09. The van der Waals surface area contributed by atoms with E-state index >= 15 is 0 Å². The number of imidazole rings is 1. The summed E-state index contributed by atoms with van der Waals surface area (Å²) in [7, 11) is 4.34. The second-order valence-corrected chi connectivity index (χ2v) is 8.25. The first-order valence-corrected chi connectivity index (χ1v) is 10.4. The van der Waals surface area contributed by atoms with E-state index in [-0.39, 0.29) is 5.91 Å². The van der Waals surface area contributed by atoms with Crippen LogP contribution in [-0.2, 0) is 0 Å². The van der Waals surface area contributed by atoms with Crippen LogP contribution in [0.5, 0.6) is 0 Å². The molecule has 27 heavy (non-hydrogen) atoms. The number of hydrogen-bond donors (Lipinski definition) is 1. The van der Waals surface area contributed by atoms with E-state index in [0.29, 0.717) is 18.3 Å². The zero-order chi connectivity index (χ0) is 19.4. The third-order valence-corrected chi connectivity index (χ3v) is 6.13. The van der Waals surface area contributed by atoms with E-state index in [2.05, 4.69) is 43.7 Å². The predicted octanol–water partition coefficient (Wildman–Crippen LogP) is 1.13. The highest BCUT2D eigenvalue weighted by molar-refractivity contribution is 5.93. The summed E-state index contributed by atoms with van der Waals surface area (Å²) in [5.41, 5.74) is 1.62. The van der Waals surface area contributed by atoms with Gasteiger partial charge in [0.05, 0.1) is 0 Å². The van der Waals surface area contributed by atoms with E-state index in [1.807, 2.05) is 13.8 Å². The highest BCUT2D eigenvalue weighted by Crippen LogP contribution is 2.26. The molecular weight excluding hydrogens is 340 g/mol. The Labute approximate surface area is 163 Å². The van der Waals surface area contributed by atoms with Crippen molar-refractivity contribution in [2.75, 3.05) is 66.5 Å². The van der Waals surface area contributed by atoms with Crippen molar-refractivity contribution >= 4 is 5.91 Å². The maximum atomic E-state index is 12.6. The van der Waals surface area contributed by atoms with Crippen LogP contribution in [0.2, 0.25) is 0 Å². The Bertz CT molecular complexity index is 627. The van der Waals surface area contributed by atoms with Crippen LogP contribution >= 0.6 is 0 Å². The Morgan fingerprint density at radius 2 is 1.67 bits per heavy atom. The molecule has 1 N–H and O–H groups in total. The van der Waals surface area contributed by atoms with Crippen LogP contribution in [0.1, 0.15) is 47.3 Å². The molecule has 3 heterocycles. The molecule has 0 saturated carbocycles. The number of carbonyl (C=O) groups is 1. The maximum absolute atomic E-state index is 12.6. The molecule has 0 spiro atoms. The van der Waals surface area contributed by atoms with Crippen LogP contribution < -0.4 is 5.32 Å². The lowest BCUT2D eigenvalue weighted by Crippen LogP contribution is -2.45. The fourth-order valence-electron chi connectivity index (χ4n) is 4.32. The lowest BCUT2D eigenvalue weighted by atomic mass is 10.0. The summed E-state index contributed by atoms with van der Waals surface area (Å²) in [5, 5.41) is 3.08. The molecular formula is C20H36N6O. The standard InChI is InChI=1S/C20H36N6O/c1-16-19(22-17(2)26(16)18-6-10-23(3)11-7-18)20(27)21-8-5-9-25-14-12-24(4)13-15-25/h18H,5-15H2,1-4H3,(H,21,27). The van der Waals surface area contributed by atoms with E-state index in [1.54, 1.807) is 0 Å². The topological polar surface area (TPSA) is 56.6 Å². The number of likely N-dealkylation sites (N-methyl/N-ethyl adjacent to an activating group) is 1. The number of aryl methyl sites for hydroxylation is 1. The molecule has 1 aromatic heterocycles. The Morgan fingerprint density at radius 3 is 2.33 bits per heavy atom. The number of nitrogens with one attached hydrogen (secondary N) is 1. The zero-order valence-corrected chi connectivity index (χ0v) is 17.5. The number of nitrogens with zero attached hydrogens (tertiary/aromatic N) is 5. The lowest BCUT2D eigenvalue weighted by molar-refractivity contribution is 0.0944. The van der Waals surface area contributed by atoms with Gasteiger partial charge in [-0.1, -0.05) is 0 Å². The molecule has 2 aliphatic heterocycles. The highest BCUT2D eigenvalue weighted by atomic mass is 16.1. The van der Waals surface area contributed by atoms with Crippen molar-refractivity contribution in [3.63, 3.8) is 0 Å². The molecule has 1 aromatic rings. The van der Waals surface area contributed by atoms with Gasteiger partial charge in [0.25, 0.3) is 5.91 Å². The Hall–Kier alpha value is -1.44. The first-order valence-electron chi connectivity index (χ1n) is 10.4. The monoisotopic (exact) mass is 376 g/mol. The van der Waals surface area contributed by atoms with Gasteiger partial charge in [-0.3, -0.25) is 4.79 Å². The molecule has 7 nitrogen and oxygen atoms in total. The van der Waals surface area contributed by atoms with Gasteiger partial charge in [-0.2, -0.15) is 0 Å². The van der Waals surface area contributed by atoms with Crippen LogP contribution in [-0.4, -0.2) is 96.6 Å². The number of likely N-dealkylation sites (tertiary alicyclic amines) is 1. The minimum Gasteiger partial charge on any atom is -0.351 e. The summed E-state index contributed by atoms with van der Waals surface area (Å²) in [5.74, 6) is 0.935. The van der Waals surface area contributed by atoms with Crippen LogP contribution in [0.25, 0.3) is 0 Å². The van der Waals surface area contributed by atoms with Gasteiger partial charge < -0.3 is 24.6 Å². The number of rotatable bonds is 6. The van der Waals surface area contributed by atoms with Gasteiger partial charge in [0.2, 0.25) is 0 Å². The SMILES string of the molecule is Cc1nc(C(=O)NCCCN2CCN(C)CC2)c(C)n1C1CCN(C)CC1. The average Bonchev–Trinajstić information content (AvgIpc) is 2.95. The van der Waals surface area contributed by atoms with Crippen molar-refractivity contribution in [1.82, 2.24) is 29.6 Å². The molecule has 0 aromatic carbocycles. The van der Waals surface area contributed by atoms with Crippen molar-refractivity contribution in [3.8, 4) is 0 Å². The summed E-state index contributed by atoms with van der Waals surface area (Å²) in [6.07, 6.45) is 3.24. The van der Waals surface area contributed by atoms with E-state index in [1.165, 1.54) is 0 Å². The second-order valence-electron chi connectivity index (χ2n) is 8.25. The van der Waals surface area contributed by atoms with E-state index < -0.39 is 0 Å². The molecule has 2 fully saturated rings. The molecule has 0 radical (unpaired) electrons. The summed E-state index contributed by atoms with van der Waals surface area (Å²) >= 11 is 0. The minimum atomic E-state index is -0.0272. The summed E-state index contributed by atoms with van der Waals surface area (Å²) in [4.78, 5) is 24.5. The number of amides is 1. The van der Waals surface area contributed by atoms with Gasteiger partial charge in [0, 0.05) is 44.5 Å². The first-order chi connectivity index (χ1) is 13.0. The fourth-order valence-corrected chi connectivity index (χ4v) is 4.32. The van der Waals surface area contributed by atoms with Gasteiger partial charge >= 0.3 is 0 Å². The largest absolute Gasteiger partial charge is 0.351 e. The molecule has 2 saturated heterocycles. The molecule has 0 atom stereocenters.